The Labute approximate surface area is 108 Å². The van der Waals surface area contributed by atoms with Crippen LogP contribution in [-0.2, 0) is 14.3 Å². The Morgan fingerprint density at radius 3 is 2.50 bits per heavy atom. The van der Waals surface area contributed by atoms with Crippen molar-refractivity contribution in [3.05, 3.63) is 12.2 Å². The smallest absolute Gasteiger partial charge is 0.236 e. The van der Waals surface area contributed by atoms with Gasteiger partial charge in [-0.25, -0.2) is 0 Å². The van der Waals surface area contributed by atoms with Gasteiger partial charge in [0.2, 0.25) is 11.6 Å². The van der Waals surface area contributed by atoms with Crippen LogP contribution in [0.5, 0.6) is 0 Å². The molecule has 4 atom stereocenters. The van der Waals surface area contributed by atoms with Crippen molar-refractivity contribution in [2.75, 3.05) is 14.2 Å². The number of carbonyl (C=O) groups excluding carboxylic acids is 1. The minimum Gasteiger partial charge on any atom is -0.393 e. The largest absolute Gasteiger partial charge is 0.393 e. The third-order valence-electron chi connectivity index (χ3n) is 5.06. The Balaban J connectivity index is 2.50. The van der Waals surface area contributed by atoms with Crippen molar-refractivity contribution in [2.24, 2.45) is 17.3 Å². The van der Waals surface area contributed by atoms with Crippen molar-refractivity contribution >= 4 is 5.78 Å². The molecule has 0 aliphatic heterocycles. The van der Waals surface area contributed by atoms with Gasteiger partial charge in [0.05, 0.1) is 6.10 Å². The monoisotopic (exact) mass is 254 g/mol. The minimum atomic E-state index is -1.20. The van der Waals surface area contributed by atoms with Gasteiger partial charge in [0.1, 0.15) is 0 Å². The van der Waals surface area contributed by atoms with Crippen molar-refractivity contribution < 1.29 is 19.4 Å². The molecule has 1 saturated carbocycles. The SMILES string of the molecule is COC1(OC)C(=O)C=C[C@@]2(C)[C@@H]1CC[C@H](O)[C@@H]2C. The van der Waals surface area contributed by atoms with E-state index >= 15 is 0 Å². The molecule has 0 amide bonds. The average molecular weight is 254 g/mol. The van der Waals surface area contributed by atoms with Gasteiger partial charge >= 0.3 is 0 Å². The number of allylic oxidation sites excluding steroid dienone is 1. The van der Waals surface area contributed by atoms with Crippen LogP contribution in [0.3, 0.4) is 0 Å². The Morgan fingerprint density at radius 2 is 1.94 bits per heavy atom. The molecule has 2 aliphatic rings. The van der Waals surface area contributed by atoms with Gasteiger partial charge in [-0.15, -0.1) is 0 Å². The second-order valence-electron chi connectivity index (χ2n) is 5.63. The lowest BCUT2D eigenvalue weighted by Gasteiger charge is -2.54. The predicted octanol–water partition coefficient (Wildman–Crippen LogP) is 1.53. The molecule has 0 bridgehead atoms. The number of carbonyl (C=O) groups is 1. The summed E-state index contributed by atoms with van der Waals surface area (Å²) in [5.41, 5.74) is -0.280. The van der Waals surface area contributed by atoms with Crippen molar-refractivity contribution in [1.29, 1.82) is 0 Å². The molecule has 0 heterocycles. The van der Waals surface area contributed by atoms with Crippen LogP contribution in [0.25, 0.3) is 0 Å². The molecular weight excluding hydrogens is 232 g/mol. The average Bonchev–Trinajstić information content (AvgIpc) is 2.37. The van der Waals surface area contributed by atoms with Crippen LogP contribution in [0.2, 0.25) is 0 Å². The van der Waals surface area contributed by atoms with Crippen molar-refractivity contribution in [3.8, 4) is 0 Å². The van der Waals surface area contributed by atoms with Gasteiger partial charge in [-0.1, -0.05) is 19.9 Å². The number of rotatable bonds is 2. The fourth-order valence-corrected chi connectivity index (χ4v) is 3.61. The maximum absolute atomic E-state index is 12.2. The summed E-state index contributed by atoms with van der Waals surface area (Å²) in [6, 6.07) is 0. The van der Waals surface area contributed by atoms with Crippen LogP contribution in [0, 0.1) is 17.3 Å². The number of fused-ring (bicyclic) bond motifs is 1. The third kappa shape index (κ3) is 1.59. The number of aliphatic hydroxyl groups is 1. The third-order valence-corrected chi connectivity index (χ3v) is 5.06. The van der Waals surface area contributed by atoms with Gasteiger partial charge < -0.3 is 14.6 Å². The minimum absolute atomic E-state index is 0.0594. The summed E-state index contributed by atoms with van der Waals surface area (Å²) in [5.74, 6) is -1.32. The van der Waals surface area contributed by atoms with Gasteiger partial charge in [-0.2, -0.15) is 0 Å². The summed E-state index contributed by atoms with van der Waals surface area (Å²) < 4.78 is 10.9. The number of hydrogen-bond acceptors (Lipinski definition) is 4. The fraction of sp³-hybridized carbons (Fsp3) is 0.786. The van der Waals surface area contributed by atoms with Crippen LogP contribution in [0.15, 0.2) is 12.2 Å². The molecule has 4 heteroatoms. The zero-order valence-corrected chi connectivity index (χ0v) is 11.5. The van der Waals surface area contributed by atoms with E-state index in [0.717, 1.165) is 6.42 Å². The highest BCUT2D eigenvalue weighted by molar-refractivity contribution is 5.97. The van der Waals surface area contributed by atoms with Crippen LogP contribution in [0.4, 0.5) is 0 Å². The summed E-state index contributed by atoms with van der Waals surface area (Å²) in [4.78, 5) is 12.2. The van der Waals surface area contributed by atoms with E-state index in [2.05, 4.69) is 6.92 Å². The van der Waals surface area contributed by atoms with Crippen LogP contribution in [0.1, 0.15) is 26.7 Å². The van der Waals surface area contributed by atoms with Crippen molar-refractivity contribution in [1.82, 2.24) is 0 Å². The zero-order valence-electron chi connectivity index (χ0n) is 11.5. The van der Waals surface area contributed by atoms with Gasteiger partial charge in [0.15, 0.2) is 0 Å². The summed E-state index contributed by atoms with van der Waals surface area (Å²) in [6.07, 6.45) is 4.52. The Kier molecular flexibility index (Phi) is 3.38. The lowest BCUT2D eigenvalue weighted by atomic mass is 9.55. The second kappa shape index (κ2) is 4.44. The highest BCUT2D eigenvalue weighted by atomic mass is 16.7. The number of aliphatic hydroxyl groups excluding tert-OH is 1. The molecule has 2 aliphatic carbocycles. The molecule has 0 aromatic carbocycles. The van der Waals surface area contributed by atoms with E-state index < -0.39 is 5.79 Å². The van der Waals surface area contributed by atoms with Crippen molar-refractivity contribution in [3.63, 3.8) is 0 Å². The molecule has 0 spiro atoms. The van der Waals surface area contributed by atoms with E-state index in [1.165, 1.54) is 20.3 Å². The molecule has 18 heavy (non-hydrogen) atoms. The maximum atomic E-state index is 12.2. The zero-order chi connectivity index (χ0) is 13.6. The molecule has 1 N–H and O–H groups in total. The first-order valence-corrected chi connectivity index (χ1v) is 6.44. The Hall–Kier alpha value is -0.710. The Morgan fingerprint density at radius 1 is 1.33 bits per heavy atom. The van der Waals surface area contributed by atoms with Gasteiger partial charge in [-0.05, 0) is 30.3 Å². The van der Waals surface area contributed by atoms with E-state index in [-0.39, 0.29) is 29.1 Å². The van der Waals surface area contributed by atoms with Crippen LogP contribution in [-0.4, -0.2) is 37.0 Å². The summed E-state index contributed by atoms with van der Waals surface area (Å²) in [5, 5.41) is 10.1. The molecule has 2 rings (SSSR count). The molecule has 0 aromatic rings. The van der Waals surface area contributed by atoms with E-state index in [0.29, 0.717) is 6.42 Å². The molecular formula is C14H22O4. The molecule has 4 nitrogen and oxygen atoms in total. The predicted molar refractivity (Wildman–Crippen MR) is 66.9 cm³/mol. The van der Waals surface area contributed by atoms with E-state index in [1.807, 2.05) is 13.0 Å². The summed E-state index contributed by atoms with van der Waals surface area (Å²) in [7, 11) is 3.02. The molecule has 0 radical (unpaired) electrons. The van der Waals surface area contributed by atoms with Crippen LogP contribution >= 0.6 is 0 Å². The number of ether oxygens (including phenoxy) is 2. The first-order valence-electron chi connectivity index (χ1n) is 6.44. The number of ketones is 1. The topological polar surface area (TPSA) is 55.8 Å². The standard InChI is InChI=1S/C14H22O4/c1-9-10(15)5-6-11-13(9,2)8-7-12(16)14(11,17-3)18-4/h7-11,15H,5-6H2,1-4H3/t9-,10-,11-,13+/m0/s1. The molecule has 102 valence electrons. The number of hydrogen-bond donors (Lipinski definition) is 1. The normalized spacial score (nSPS) is 42.7. The first-order chi connectivity index (χ1) is 8.42. The Bertz CT molecular complexity index is 372. The summed E-state index contributed by atoms with van der Waals surface area (Å²) in [6.45, 7) is 4.09. The highest BCUT2D eigenvalue weighted by Crippen LogP contribution is 2.54. The lowest BCUT2D eigenvalue weighted by molar-refractivity contribution is -0.257. The van der Waals surface area contributed by atoms with Crippen molar-refractivity contribution in [2.45, 2.75) is 38.6 Å². The van der Waals surface area contributed by atoms with E-state index in [1.54, 1.807) is 0 Å². The van der Waals surface area contributed by atoms with E-state index in [9.17, 15) is 9.90 Å². The van der Waals surface area contributed by atoms with Gasteiger partial charge in [0.25, 0.3) is 0 Å². The lowest BCUT2D eigenvalue weighted by Crippen LogP contribution is -2.61. The fourth-order valence-electron chi connectivity index (χ4n) is 3.61. The second-order valence-corrected chi connectivity index (χ2v) is 5.63. The first kappa shape index (κ1) is 13.7. The molecule has 0 unspecified atom stereocenters. The van der Waals surface area contributed by atoms with E-state index in [4.69, 9.17) is 9.47 Å². The quantitative estimate of drug-likeness (QED) is 0.759. The molecule has 0 aromatic heterocycles. The molecule has 1 fully saturated rings. The van der Waals surface area contributed by atoms with Gasteiger partial charge in [0, 0.05) is 20.1 Å². The number of methoxy groups -OCH3 is 2. The highest BCUT2D eigenvalue weighted by Gasteiger charge is 2.59. The van der Waals surface area contributed by atoms with Crippen LogP contribution < -0.4 is 0 Å². The maximum Gasteiger partial charge on any atom is 0.236 e. The van der Waals surface area contributed by atoms with Gasteiger partial charge in [-0.3, -0.25) is 4.79 Å². The molecule has 0 saturated heterocycles. The summed E-state index contributed by atoms with van der Waals surface area (Å²) >= 11 is 0.